The summed E-state index contributed by atoms with van der Waals surface area (Å²) in [7, 11) is 3.45. The Kier molecular flexibility index (Phi) is 5.43. The highest BCUT2D eigenvalue weighted by atomic mass is 16.3. The van der Waals surface area contributed by atoms with Crippen molar-refractivity contribution in [3.8, 4) is 0 Å². The minimum absolute atomic E-state index is 0.0464. The zero-order valence-electron chi connectivity index (χ0n) is 13.0. The number of likely N-dealkylation sites (tertiary alicyclic amines) is 1. The third-order valence-corrected chi connectivity index (χ3v) is 3.85. The van der Waals surface area contributed by atoms with Crippen LogP contribution >= 0.6 is 0 Å². The second-order valence-electron chi connectivity index (χ2n) is 5.63. The summed E-state index contributed by atoms with van der Waals surface area (Å²) in [5.41, 5.74) is 1.48. The van der Waals surface area contributed by atoms with E-state index in [4.69, 9.17) is 5.11 Å². The zero-order chi connectivity index (χ0) is 16.1. The maximum Gasteiger partial charge on any atom is 0.248 e. The van der Waals surface area contributed by atoms with E-state index in [9.17, 15) is 9.59 Å². The van der Waals surface area contributed by atoms with Crippen LogP contribution in [0.1, 0.15) is 36.7 Å². The van der Waals surface area contributed by atoms with E-state index in [1.165, 1.54) is 0 Å². The van der Waals surface area contributed by atoms with E-state index >= 15 is 0 Å². The van der Waals surface area contributed by atoms with Gasteiger partial charge in [-0.25, -0.2) is 0 Å². The smallest absolute Gasteiger partial charge is 0.248 e. The van der Waals surface area contributed by atoms with Gasteiger partial charge in [0.2, 0.25) is 11.8 Å². The first-order valence-electron chi connectivity index (χ1n) is 7.44. The minimum atomic E-state index is -0.485. The largest absolute Gasteiger partial charge is 0.387 e. The Labute approximate surface area is 130 Å². The zero-order valence-corrected chi connectivity index (χ0v) is 13.0. The van der Waals surface area contributed by atoms with Crippen LogP contribution in [0.4, 0.5) is 0 Å². The van der Waals surface area contributed by atoms with E-state index in [1.54, 1.807) is 36.3 Å². The van der Waals surface area contributed by atoms with Gasteiger partial charge in [0, 0.05) is 33.3 Å². The van der Waals surface area contributed by atoms with Crippen LogP contribution in [0.5, 0.6) is 0 Å². The molecular formula is C15H22N4O3. The Morgan fingerprint density at radius 2 is 2.18 bits per heavy atom. The van der Waals surface area contributed by atoms with Crippen molar-refractivity contribution < 1.29 is 14.7 Å². The lowest BCUT2D eigenvalue weighted by atomic mass is 10.1. The van der Waals surface area contributed by atoms with Crippen molar-refractivity contribution in [2.75, 3.05) is 27.2 Å². The molecule has 1 atom stereocenters. The van der Waals surface area contributed by atoms with E-state index in [0.717, 1.165) is 24.2 Å². The van der Waals surface area contributed by atoms with E-state index in [0.29, 0.717) is 19.4 Å². The molecule has 1 unspecified atom stereocenters. The molecule has 1 saturated heterocycles. The normalized spacial score (nSPS) is 17.6. The molecule has 0 bridgehead atoms. The lowest BCUT2D eigenvalue weighted by Crippen LogP contribution is -2.33. The fraction of sp³-hybridized carbons (Fsp3) is 0.600. The summed E-state index contributed by atoms with van der Waals surface area (Å²) in [5.74, 6) is -0.234. The predicted octanol–water partition coefficient (Wildman–Crippen LogP) is 0.153. The number of carbonyl (C=O) groups is 2. The average Bonchev–Trinajstić information content (AvgIpc) is 3.01. The highest BCUT2D eigenvalue weighted by molar-refractivity contribution is 5.78. The molecule has 1 aromatic rings. The van der Waals surface area contributed by atoms with Crippen LogP contribution in [0.15, 0.2) is 12.4 Å². The Bertz CT molecular complexity index is 547. The summed E-state index contributed by atoms with van der Waals surface area (Å²) in [4.78, 5) is 35.3. The first-order chi connectivity index (χ1) is 10.5. The second kappa shape index (κ2) is 7.31. The number of rotatable bonds is 5. The van der Waals surface area contributed by atoms with Gasteiger partial charge in [-0.3, -0.25) is 19.6 Å². The van der Waals surface area contributed by atoms with Gasteiger partial charge in [0.05, 0.1) is 23.6 Å². The molecule has 1 N–H and O–H groups in total. The summed E-state index contributed by atoms with van der Waals surface area (Å²) in [6, 6.07) is -0.128. The third-order valence-electron chi connectivity index (χ3n) is 3.85. The molecule has 2 rings (SSSR count). The molecule has 2 amide bonds. The molecule has 1 aliphatic rings. The van der Waals surface area contributed by atoms with Crippen molar-refractivity contribution in [3.05, 3.63) is 23.8 Å². The standard InChI is InChI=1S/C15H22N4O3/c1-18(2)14(21)6-5-11-8-16-9-12(17-11)13-4-3-7-19(13)15(22)10-20/h8-9,13,20H,3-7,10H2,1-2H3. The van der Waals surface area contributed by atoms with Crippen LogP contribution < -0.4 is 0 Å². The van der Waals surface area contributed by atoms with Gasteiger partial charge in [-0.2, -0.15) is 0 Å². The number of nitrogens with zero attached hydrogens (tertiary/aromatic N) is 4. The number of hydrogen-bond donors (Lipinski definition) is 1. The van der Waals surface area contributed by atoms with Crippen LogP contribution in [0.3, 0.4) is 0 Å². The molecule has 1 aliphatic heterocycles. The van der Waals surface area contributed by atoms with Crippen molar-refractivity contribution in [2.24, 2.45) is 0 Å². The minimum Gasteiger partial charge on any atom is -0.387 e. The topological polar surface area (TPSA) is 86.6 Å². The monoisotopic (exact) mass is 306 g/mol. The van der Waals surface area contributed by atoms with Crippen molar-refractivity contribution >= 4 is 11.8 Å². The second-order valence-corrected chi connectivity index (χ2v) is 5.63. The Morgan fingerprint density at radius 3 is 2.86 bits per heavy atom. The fourth-order valence-electron chi connectivity index (χ4n) is 2.63. The molecule has 0 aliphatic carbocycles. The molecule has 7 nitrogen and oxygen atoms in total. The van der Waals surface area contributed by atoms with Crippen LogP contribution in [-0.2, 0) is 16.0 Å². The predicted molar refractivity (Wildman–Crippen MR) is 79.8 cm³/mol. The SMILES string of the molecule is CN(C)C(=O)CCc1cncc(C2CCCN2C(=O)CO)n1. The third kappa shape index (κ3) is 3.79. The van der Waals surface area contributed by atoms with Crippen LogP contribution in [0, 0.1) is 0 Å². The quantitative estimate of drug-likeness (QED) is 0.837. The first-order valence-corrected chi connectivity index (χ1v) is 7.44. The highest BCUT2D eigenvalue weighted by Gasteiger charge is 2.30. The van der Waals surface area contributed by atoms with Gasteiger partial charge in [-0.15, -0.1) is 0 Å². The number of amides is 2. The summed E-state index contributed by atoms with van der Waals surface area (Å²) in [5, 5.41) is 9.04. The maximum absolute atomic E-state index is 11.8. The number of aliphatic hydroxyl groups is 1. The molecule has 0 saturated carbocycles. The highest BCUT2D eigenvalue weighted by Crippen LogP contribution is 2.30. The van der Waals surface area contributed by atoms with E-state index < -0.39 is 6.61 Å². The summed E-state index contributed by atoms with van der Waals surface area (Å²) in [6.07, 6.45) is 5.93. The summed E-state index contributed by atoms with van der Waals surface area (Å²) < 4.78 is 0. The number of aryl methyl sites for hydroxylation is 1. The first kappa shape index (κ1) is 16.4. The molecule has 22 heavy (non-hydrogen) atoms. The van der Waals surface area contributed by atoms with E-state index in [2.05, 4.69) is 9.97 Å². The van der Waals surface area contributed by atoms with Gasteiger partial charge >= 0.3 is 0 Å². The van der Waals surface area contributed by atoms with Gasteiger partial charge in [-0.1, -0.05) is 0 Å². The Hall–Kier alpha value is -2.02. The molecule has 0 radical (unpaired) electrons. The molecule has 0 aromatic carbocycles. The van der Waals surface area contributed by atoms with Crippen molar-refractivity contribution in [3.63, 3.8) is 0 Å². The van der Waals surface area contributed by atoms with Crippen molar-refractivity contribution in [2.45, 2.75) is 31.7 Å². The number of aromatic nitrogens is 2. The van der Waals surface area contributed by atoms with E-state index in [1.807, 2.05) is 0 Å². The molecule has 0 spiro atoms. The lowest BCUT2D eigenvalue weighted by Gasteiger charge is -2.23. The fourth-order valence-corrected chi connectivity index (χ4v) is 2.63. The Balaban J connectivity index is 2.07. The van der Waals surface area contributed by atoms with Gasteiger partial charge in [0.15, 0.2) is 0 Å². The van der Waals surface area contributed by atoms with Crippen LogP contribution in [0.2, 0.25) is 0 Å². The summed E-state index contributed by atoms with van der Waals surface area (Å²) >= 11 is 0. The van der Waals surface area contributed by atoms with Crippen molar-refractivity contribution in [1.82, 2.24) is 19.8 Å². The summed E-state index contributed by atoms with van der Waals surface area (Å²) in [6.45, 7) is 0.149. The molecular weight excluding hydrogens is 284 g/mol. The van der Waals surface area contributed by atoms with Crippen LogP contribution in [-0.4, -0.2) is 63.9 Å². The number of hydrogen-bond acceptors (Lipinski definition) is 5. The van der Waals surface area contributed by atoms with Crippen molar-refractivity contribution in [1.29, 1.82) is 0 Å². The van der Waals surface area contributed by atoms with Gasteiger partial charge < -0.3 is 14.9 Å². The Morgan fingerprint density at radius 1 is 1.41 bits per heavy atom. The number of aliphatic hydroxyl groups excluding tert-OH is 1. The molecule has 2 heterocycles. The van der Waals surface area contributed by atoms with Gasteiger partial charge in [0.25, 0.3) is 0 Å². The van der Waals surface area contributed by atoms with Gasteiger partial charge in [0.1, 0.15) is 6.61 Å². The molecule has 7 heteroatoms. The van der Waals surface area contributed by atoms with Gasteiger partial charge in [-0.05, 0) is 19.3 Å². The average molecular weight is 306 g/mol. The van der Waals surface area contributed by atoms with E-state index in [-0.39, 0.29) is 17.9 Å². The number of carbonyl (C=O) groups excluding carboxylic acids is 2. The molecule has 1 aromatic heterocycles. The molecule has 1 fully saturated rings. The lowest BCUT2D eigenvalue weighted by molar-refractivity contribution is -0.135. The van der Waals surface area contributed by atoms with Crippen LogP contribution in [0.25, 0.3) is 0 Å². The maximum atomic E-state index is 11.8. The molecule has 120 valence electrons.